The van der Waals surface area contributed by atoms with Gasteiger partial charge in [-0.25, -0.2) is 9.59 Å². The van der Waals surface area contributed by atoms with Gasteiger partial charge in [-0.3, -0.25) is 4.79 Å². The number of aromatic nitrogens is 1. The number of primary amides is 1. The number of carbonyl (C=O) groups excluding carboxylic acids is 3. The Labute approximate surface area is 173 Å². The molecule has 1 aliphatic rings. The molecule has 2 heterocycles. The van der Waals surface area contributed by atoms with Crippen molar-refractivity contribution in [3.05, 3.63) is 35.0 Å². The van der Waals surface area contributed by atoms with E-state index in [0.29, 0.717) is 24.7 Å². The Hall–Kier alpha value is -2.94. The number of aromatic amines is 1. The highest BCUT2D eigenvalue weighted by molar-refractivity contribution is 6.31. The zero-order valence-electron chi connectivity index (χ0n) is 16.2. The maximum Gasteiger partial charge on any atom is 0.317 e. The van der Waals surface area contributed by atoms with Gasteiger partial charge in [0.25, 0.3) is 0 Å². The van der Waals surface area contributed by atoms with Crippen LogP contribution in [0, 0.1) is 0 Å². The minimum Gasteiger partial charge on any atom is -0.357 e. The zero-order valence-corrected chi connectivity index (χ0v) is 17.0. The van der Waals surface area contributed by atoms with E-state index in [0.717, 1.165) is 29.4 Å². The van der Waals surface area contributed by atoms with Crippen molar-refractivity contribution in [1.82, 2.24) is 25.4 Å². The number of hydrogen-bond acceptors (Lipinski definition) is 3. The fourth-order valence-corrected chi connectivity index (χ4v) is 3.67. The van der Waals surface area contributed by atoms with E-state index in [1.54, 1.807) is 16.8 Å². The summed E-state index contributed by atoms with van der Waals surface area (Å²) in [6.45, 7) is 1.24. The molecule has 5 amide bonds. The lowest BCUT2D eigenvalue weighted by Crippen LogP contribution is -2.54. The van der Waals surface area contributed by atoms with E-state index in [1.807, 2.05) is 24.3 Å². The summed E-state index contributed by atoms with van der Waals surface area (Å²) in [6.07, 6.45) is 1.59. The van der Waals surface area contributed by atoms with Gasteiger partial charge in [-0.15, -0.1) is 0 Å². The molecule has 9 nitrogen and oxygen atoms in total. The zero-order chi connectivity index (χ0) is 21.0. The van der Waals surface area contributed by atoms with Crippen LogP contribution in [-0.2, 0) is 11.3 Å². The van der Waals surface area contributed by atoms with Crippen molar-refractivity contribution in [3.8, 4) is 0 Å². The summed E-state index contributed by atoms with van der Waals surface area (Å²) in [6, 6.07) is 6.49. The van der Waals surface area contributed by atoms with Gasteiger partial charge in [0.05, 0.1) is 19.1 Å². The fraction of sp³-hybridized carbons (Fsp3) is 0.421. The predicted octanol–water partition coefficient (Wildman–Crippen LogP) is 1.62. The second-order valence-corrected chi connectivity index (χ2v) is 7.59. The second-order valence-electron chi connectivity index (χ2n) is 7.15. The number of likely N-dealkylation sites (tertiary alicyclic amines) is 1. The van der Waals surface area contributed by atoms with Gasteiger partial charge in [-0.2, -0.15) is 0 Å². The molecule has 0 radical (unpaired) electrons. The third kappa shape index (κ3) is 5.32. The average Bonchev–Trinajstić information content (AvgIpc) is 3.11. The van der Waals surface area contributed by atoms with Crippen LogP contribution in [-0.4, -0.2) is 65.5 Å². The van der Waals surface area contributed by atoms with E-state index in [9.17, 15) is 14.4 Å². The molecular weight excluding hydrogens is 396 g/mol. The van der Waals surface area contributed by atoms with Gasteiger partial charge < -0.3 is 31.2 Å². The van der Waals surface area contributed by atoms with Crippen LogP contribution >= 0.6 is 11.6 Å². The minimum absolute atomic E-state index is 0.0946. The lowest BCUT2D eigenvalue weighted by Gasteiger charge is -2.37. The summed E-state index contributed by atoms with van der Waals surface area (Å²) in [4.78, 5) is 42.1. The van der Waals surface area contributed by atoms with Crippen molar-refractivity contribution >= 4 is 40.5 Å². The van der Waals surface area contributed by atoms with Gasteiger partial charge in [0.15, 0.2) is 0 Å². The van der Waals surface area contributed by atoms with Crippen molar-refractivity contribution in [2.24, 2.45) is 5.73 Å². The van der Waals surface area contributed by atoms with E-state index >= 15 is 0 Å². The highest BCUT2D eigenvalue weighted by Gasteiger charge is 2.28. The SMILES string of the molecule is CN(C(=O)NCc1cc2cc(Cl)ccc2[nH]1)[C@@H]1CCCN(C(=O)CNC(N)=O)C1. The van der Waals surface area contributed by atoms with Crippen molar-refractivity contribution < 1.29 is 14.4 Å². The Morgan fingerprint density at radius 3 is 2.86 bits per heavy atom. The van der Waals surface area contributed by atoms with Crippen LogP contribution in [0.5, 0.6) is 0 Å². The molecule has 0 saturated carbocycles. The Morgan fingerprint density at radius 1 is 1.31 bits per heavy atom. The lowest BCUT2D eigenvalue weighted by atomic mass is 10.0. The molecule has 1 fully saturated rings. The number of hydrogen-bond donors (Lipinski definition) is 4. The van der Waals surface area contributed by atoms with Gasteiger partial charge in [0, 0.05) is 41.8 Å². The highest BCUT2D eigenvalue weighted by Crippen LogP contribution is 2.20. The number of likely N-dealkylation sites (N-methyl/N-ethyl adjacent to an activating group) is 1. The monoisotopic (exact) mass is 420 g/mol. The van der Waals surface area contributed by atoms with Crippen molar-refractivity contribution in [1.29, 1.82) is 0 Å². The van der Waals surface area contributed by atoms with Crippen LogP contribution in [0.15, 0.2) is 24.3 Å². The quantitative estimate of drug-likeness (QED) is 0.587. The van der Waals surface area contributed by atoms with E-state index in [4.69, 9.17) is 17.3 Å². The molecule has 1 saturated heterocycles. The van der Waals surface area contributed by atoms with Crippen LogP contribution in [0.4, 0.5) is 9.59 Å². The largest absolute Gasteiger partial charge is 0.357 e. The van der Waals surface area contributed by atoms with Gasteiger partial charge in [0.1, 0.15) is 0 Å². The molecule has 0 bridgehead atoms. The first kappa shape index (κ1) is 20.8. The summed E-state index contributed by atoms with van der Waals surface area (Å²) in [7, 11) is 1.72. The fourth-order valence-electron chi connectivity index (χ4n) is 3.49. The molecule has 0 unspecified atom stereocenters. The van der Waals surface area contributed by atoms with Gasteiger partial charge >= 0.3 is 12.1 Å². The van der Waals surface area contributed by atoms with Crippen LogP contribution in [0.3, 0.4) is 0 Å². The van der Waals surface area contributed by atoms with Crippen LogP contribution in [0.1, 0.15) is 18.5 Å². The number of carbonyl (C=O) groups is 3. The highest BCUT2D eigenvalue weighted by atomic mass is 35.5. The number of nitrogens with two attached hydrogens (primary N) is 1. The van der Waals surface area contributed by atoms with Crippen LogP contribution < -0.4 is 16.4 Å². The number of halogens is 1. The van der Waals surface area contributed by atoms with Crippen LogP contribution in [0.25, 0.3) is 10.9 Å². The smallest absolute Gasteiger partial charge is 0.317 e. The second kappa shape index (κ2) is 9.04. The van der Waals surface area contributed by atoms with Crippen molar-refractivity contribution in [2.45, 2.75) is 25.4 Å². The number of urea groups is 2. The molecule has 0 aliphatic carbocycles. The van der Waals surface area contributed by atoms with E-state index in [2.05, 4.69) is 15.6 Å². The predicted molar refractivity (Wildman–Crippen MR) is 110 cm³/mol. The maximum atomic E-state index is 12.6. The van der Waals surface area contributed by atoms with Gasteiger partial charge in [-0.05, 0) is 37.1 Å². The normalized spacial score (nSPS) is 16.5. The Kier molecular flexibility index (Phi) is 6.48. The molecule has 2 aromatic rings. The topological polar surface area (TPSA) is 124 Å². The summed E-state index contributed by atoms with van der Waals surface area (Å²) in [5.41, 5.74) is 6.84. The van der Waals surface area contributed by atoms with Crippen LogP contribution in [0.2, 0.25) is 5.02 Å². The molecule has 1 aromatic heterocycles. The number of amides is 5. The number of nitrogens with one attached hydrogen (secondary N) is 3. The molecule has 0 spiro atoms. The first-order valence-corrected chi connectivity index (χ1v) is 9.80. The summed E-state index contributed by atoms with van der Waals surface area (Å²) < 4.78 is 0. The molecule has 1 atom stereocenters. The Morgan fingerprint density at radius 2 is 2.10 bits per heavy atom. The molecule has 10 heteroatoms. The number of piperidine rings is 1. The molecule has 3 rings (SSSR count). The number of fused-ring (bicyclic) bond motifs is 1. The minimum atomic E-state index is -0.734. The van der Waals surface area contributed by atoms with Crippen molar-refractivity contribution in [2.75, 3.05) is 26.7 Å². The Balaban J connectivity index is 1.53. The lowest BCUT2D eigenvalue weighted by molar-refractivity contribution is -0.131. The third-order valence-electron chi connectivity index (χ3n) is 5.10. The maximum absolute atomic E-state index is 12.6. The number of benzene rings is 1. The first-order valence-electron chi connectivity index (χ1n) is 9.42. The summed E-state index contributed by atoms with van der Waals surface area (Å²) in [5.74, 6) is -0.209. The molecular formula is C19H25ClN6O3. The summed E-state index contributed by atoms with van der Waals surface area (Å²) >= 11 is 6.01. The number of nitrogens with zero attached hydrogens (tertiary/aromatic N) is 2. The molecule has 1 aliphatic heterocycles. The molecule has 29 heavy (non-hydrogen) atoms. The van der Waals surface area contributed by atoms with E-state index in [1.165, 1.54) is 0 Å². The van der Waals surface area contributed by atoms with E-state index in [-0.39, 0.29) is 24.5 Å². The first-order chi connectivity index (χ1) is 13.8. The van der Waals surface area contributed by atoms with Gasteiger partial charge in [-0.1, -0.05) is 11.6 Å². The standard InChI is InChI=1S/C19H25ClN6O3/c1-25(15-3-2-6-26(11-15)17(27)10-22-18(21)28)19(29)23-9-14-8-12-7-13(20)4-5-16(12)24-14/h4-5,7-8,15,24H,2-3,6,9-11H2,1H3,(H,23,29)(H3,21,22,28)/t15-/m1/s1. The number of H-pyrrole nitrogens is 1. The molecule has 156 valence electrons. The van der Waals surface area contributed by atoms with E-state index < -0.39 is 6.03 Å². The number of rotatable bonds is 5. The third-order valence-corrected chi connectivity index (χ3v) is 5.33. The average molecular weight is 421 g/mol. The van der Waals surface area contributed by atoms with Crippen molar-refractivity contribution in [3.63, 3.8) is 0 Å². The summed E-state index contributed by atoms with van der Waals surface area (Å²) in [5, 5.41) is 6.86. The molecule has 1 aromatic carbocycles. The molecule has 5 N–H and O–H groups in total. The van der Waals surface area contributed by atoms with Gasteiger partial charge in [0.2, 0.25) is 5.91 Å². The Bertz CT molecular complexity index is 914.